The second-order valence-corrected chi connectivity index (χ2v) is 4.64. The highest BCUT2D eigenvalue weighted by atomic mass is 19.1. The average molecular weight is 291 g/mol. The van der Waals surface area contributed by atoms with Gasteiger partial charge in [0, 0.05) is 13.1 Å². The molecule has 0 saturated carbocycles. The molecule has 0 aromatic heterocycles. The Hall–Kier alpha value is -2.43. The van der Waals surface area contributed by atoms with Crippen LogP contribution < -0.4 is 4.90 Å². The Bertz CT molecular complexity index is 614. The standard InChI is InChI=1S/C16H15F2NO2/c17-13-7-5-12(6-8-13)11-19(10-9-16(20)21)15-4-2-1-3-14(15)18/h1-8H,9-11H2,(H,20,21). The van der Waals surface area contributed by atoms with E-state index in [1.54, 1.807) is 35.2 Å². The molecule has 0 spiro atoms. The minimum atomic E-state index is -0.949. The molecular formula is C16H15F2NO2. The van der Waals surface area contributed by atoms with Gasteiger partial charge in [-0.2, -0.15) is 0 Å². The summed E-state index contributed by atoms with van der Waals surface area (Å²) in [5, 5.41) is 8.81. The highest BCUT2D eigenvalue weighted by Crippen LogP contribution is 2.21. The Kier molecular flexibility index (Phi) is 4.87. The number of carboxylic acid groups (broad SMARTS) is 1. The molecule has 2 aromatic rings. The molecule has 0 aliphatic heterocycles. The van der Waals surface area contributed by atoms with E-state index in [1.165, 1.54) is 18.2 Å². The van der Waals surface area contributed by atoms with Gasteiger partial charge in [0.1, 0.15) is 11.6 Å². The monoisotopic (exact) mass is 291 g/mol. The van der Waals surface area contributed by atoms with Gasteiger partial charge in [0.05, 0.1) is 12.1 Å². The van der Waals surface area contributed by atoms with Gasteiger partial charge in [-0.15, -0.1) is 0 Å². The minimum absolute atomic E-state index is 0.102. The van der Waals surface area contributed by atoms with Gasteiger partial charge in [0.25, 0.3) is 0 Å². The molecule has 3 nitrogen and oxygen atoms in total. The molecule has 0 radical (unpaired) electrons. The van der Waals surface area contributed by atoms with Crippen LogP contribution in [-0.4, -0.2) is 17.6 Å². The van der Waals surface area contributed by atoms with Crippen molar-refractivity contribution in [1.29, 1.82) is 0 Å². The van der Waals surface area contributed by atoms with Crippen molar-refractivity contribution in [3.8, 4) is 0 Å². The predicted molar refractivity (Wildman–Crippen MR) is 76.1 cm³/mol. The summed E-state index contributed by atoms with van der Waals surface area (Å²) < 4.78 is 26.8. The van der Waals surface area contributed by atoms with Crippen molar-refractivity contribution in [2.75, 3.05) is 11.4 Å². The molecule has 0 amide bonds. The number of anilines is 1. The summed E-state index contributed by atoms with van der Waals surface area (Å²) in [6.45, 7) is 0.488. The van der Waals surface area contributed by atoms with E-state index in [0.29, 0.717) is 12.2 Å². The highest BCUT2D eigenvalue weighted by Gasteiger charge is 2.13. The number of hydrogen-bond donors (Lipinski definition) is 1. The fourth-order valence-corrected chi connectivity index (χ4v) is 2.03. The first kappa shape index (κ1) is 15.0. The highest BCUT2D eigenvalue weighted by molar-refractivity contribution is 5.67. The summed E-state index contributed by atoms with van der Waals surface area (Å²) in [4.78, 5) is 12.4. The average Bonchev–Trinajstić information content (AvgIpc) is 2.46. The van der Waals surface area contributed by atoms with E-state index in [-0.39, 0.29) is 18.8 Å². The number of hydrogen-bond acceptors (Lipinski definition) is 2. The van der Waals surface area contributed by atoms with Gasteiger partial charge in [-0.3, -0.25) is 4.79 Å². The van der Waals surface area contributed by atoms with E-state index in [9.17, 15) is 13.6 Å². The van der Waals surface area contributed by atoms with Gasteiger partial charge in [-0.25, -0.2) is 8.78 Å². The summed E-state index contributed by atoms with van der Waals surface area (Å²) in [6, 6.07) is 12.0. The van der Waals surface area contributed by atoms with Crippen LogP contribution in [0.2, 0.25) is 0 Å². The van der Waals surface area contributed by atoms with Crippen LogP contribution in [0.15, 0.2) is 48.5 Å². The summed E-state index contributed by atoms with van der Waals surface area (Å²) in [6.07, 6.45) is -0.102. The maximum absolute atomic E-state index is 13.9. The zero-order valence-electron chi connectivity index (χ0n) is 11.3. The van der Waals surface area contributed by atoms with Crippen LogP contribution in [0.4, 0.5) is 14.5 Å². The molecule has 0 aliphatic carbocycles. The number of carboxylic acids is 1. The first-order valence-electron chi connectivity index (χ1n) is 6.52. The van der Waals surface area contributed by atoms with E-state index >= 15 is 0 Å². The van der Waals surface area contributed by atoms with E-state index in [4.69, 9.17) is 5.11 Å². The molecule has 0 aliphatic rings. The molecule has 0 heterocycles. The summed E-state index contributed by atoms with van der Waals surface area (Å²) in [5.74, 6) is -1.71. The first-order chi connectivity index (χ1) is 10.1. The third-order valence-electron chi connectivity index (χ3n) is 3.08. The lowest BCUT2D eigenvalue weighted by Crippen LogP contribution is -2.26. The van der Waals surface area contributed by atoms with E-state index in [1.807, 2.05) is 0 Å². The van der Waals surface area contributed by atoms with Crippen molar-refractivity contribution >= 4 is 11.7 Å². The SMILES string of the molecule is O=C(O)CCN(Cc1ccc(F)cc1)c1ccccc1F. The lowest BCUT2D eigenvalue weighted by Gasteiger charge is -2.24. The summed E-state index contributed by atoms with van der Waals surface area (Å²) in [5.41, 5.74) is 1.12. The number of para-hydroxylation sites is 1. The Labute approximate surface area is 121 Å². The number of benzene rings is 2. The maximum Gasteiger partial charge on any atom is 0.305 e. The molecule has 5 heteroatoms. The summed E-state index contributed by atoms with van der Waals surface area (Å²) >= 11 is 0. The van der Waals surface area contributed by atoms with Crippen molar-refractivity contribution in [3.63, 3.8) is 0 Å². The predicted octanol–water partition coefficient (Wildman–Crippen LogP) is 3.45. The van der Waals surface area contributed by atoms with E-state index < -0.39 is 11.8 Å². The number of halogens is 2. The van der Waals surface area contributed by atoms with Gasteiger partial charge in [0.2, 0.25) is 0 Å². The van der Waals surface area contributed by atoms with Gasteiger partial charge >= 0.3 is 5.97 Å². The Morgan fingerprint density at radius 3 is 2.33 bits per heavy atom. The van der Waals surface area contributed by atoms with E-state index in [0.717, 1.165) is 5.56 Å². The molecule has 2 aromatic carbocycles. The van der Waals surface area contributed by atoms with Gasteiger partial charge in [0.15, 0.2) is 0 Å². The van der Waals surface area contributed by atoms with Crippen LogP contribution in [0, 0.1) is 11.6 Å². The molecule has 2 rings (SSSR count). The molecule has 0 saturated heterocycles. The van der Waals surface area contributed by atoms with Crippen molar-refractivity contribution in [2.24, 2.45) is 0 Å². The van der Waals surface area contributed by atoms with Crippen LogP contribution in [0.3, 0.4) is 0 Å². The van der Waals surface area contributed by atoms with Gasteiger partial charge in [-0.1, -0.05) is 24.3 Å². The van der Waals surface area contributed by atoms with E-state index in [2.05, 4.69) is 0 Å². The number of nitrogens with zero attached hydrogens (tertiary/aromatic N) is 1. The third-order valence-corrected chi connectivity index (χ3v) is 3.08. The molecule has 1 N–H and O–H groups in total. The molecular weight excluding hydrogens is 276 g/mol. The van der Waals surface area contributed by atoms with Gasteiger partial charge in [-0.05, 0) is 29.8 Å². The smallest absolute Gasteiger partial charge is 0.305 e. The fourth-order valence-electron chi connectivity index (χ4n) is 2.03. The zero-order chi connectivity index (χ0) is 15.2. The largest absolute Gasteiger partial charge is 0.481 e. The topological polar surface area (TPSA) is 40.5 Å². The minimum Gasteiger partial charge on any atom is -0.481 e. The number of rotatable bonds is 6. The molecule has 0 bridgehead atoms. The molecule has 21 heavy (non-hydrogen) atoms. The van der Waals surface area contributed by atoms with Gasteiger partial charge < -0.3 is 10.0 Å². The Balaban J connectivity index is 2.21. The molecule has 0 atom stereocenters. The lowest BCUT2D eigenvalue weighted by molar-refractivity contribution is -0.136. The molecule has 0 fully saturated rings. The normalized spacial score (nSPS) is 10.4. The zero-order valence-corrected chi connectivity index (χ0v) is 11.3. The maximum atomic E-state index is 13.9. The van der Waals surface area contributed by atoms with Crippen molar-refractivity contribution < 1.29 is 18.7 Å². The van der Waals surface area contributed by atoms with Crippen LogP contribution in [0.25, 0.3) is 0 Å². The van der Waals surface area contributed by atoms with Crippen molar-refractivity contribution in [1.82, 2.24) is 0 Å². The number of carbonyl (C=O) groups is 1. The quantitative estimate of drug-likeness (QED) is 0.886. The first-order valence-corrected chi connectivity index (χ1v) is 6.52. The number of aliphatic carboxylic acids is 1. The molecule has 0 unspecified atom stereocenters. The van der Waals surface area contributed by atoms with Crippen molar-refractivity contribution in [2.45, 2.75) is 13.0 Å². The second-order valence-electron chi connectivity index (χ2n) is 4.64. The van der Waals surface area contributed by atoms with Crippen LogP contribution in [0.1, 0.15) is 12.0 Å². The van der Waals surface area contributed by atoms with Crippen LogP contribution >= 0.6 is 0 Å². The summed E-state index contributed by atoms with van der Waals surface area (Å²) in [7, 11) is 0. The van der Waals surface area contributed by atoms with Crippen molar-refractivity contribution in [3.05, 3.63) is 65.7 Å². The lowest BCUT2D eigenvalue weighted by atomic mass is 10.1. The van der Waals surface area contributed by atoms with Crippen LogP contribution in [0.5, 0.6) is 0 Å². The van der Waals surface area contributed by atoms with Crippen LogP contribution in [-0.2, 0) is 11.3 Å². The third kappa shape index (κ3) is 4.27. The fraction of sp³-hybridized carbons (Fsp3) is 0.188. The Morgan fingerprint density at radius 2 is 1.71 bits per heavy atom. The molecule has 110 valence electrons. The second kappa shape index (κ2) is 6.83. The Morgan fingerprint density at radius 1 is 1.05 bits per heavy atom.